The molecular weight excluding hydrogens is 280 g/mol. The third-order valence-corrected chi connectivity index (χ3v) is 3.50. The number of para-hydroxylation sites is 1. The number of hydrogen-bond acceptors (Lipinski definition) is 4. The average Bonchev–Trinajstić information content (AvgIpc) is 2.48. The average molecular weight is 299 g/mol. The zero-order valence-electron chi connectivity index (χ0n) is 11.5. The van der Waals surface area contributed by atoms with Crippen LogP contribution in [0.3, 0.4) is 0 Å². The van der Waals surface area contributed by atoms with Crippen molar-refractivity contribution in [2.75, 3.05) is 13.2 Å². The quantitative estimate of drug-likeness (QED) is 0.618. The van der Waals surface area contributed by atoms with Crippen molar-refractivity contribution in [2.45, 2.75) is 38.4 Å². The van der Waals surface area contributed by atoms with Crippen molar-refractivity contribution in [3.8, 4) is 5.75 Å². The summed E-state index contributed by atoms with van der Waals surface area (Å²) < 4.78 is 16.3. The number of esters is 1. The largest absolute Gasteiger partial charge is 0.423 e. The minimum Gasteiger partial charge on any atom is -0.423 e. The standard InChI is InChI=1S/C15H19ClO4/c1-11(19-10-12-6-4-5-9-18-12)15(17)20-14-8-3-2-7-13(14)16/h2-3,7-8,11-12H,4-6,9-10H2,1H3. The molecule has 1 aliphatic rings. The van der Waals surface area contributed by atoms with Crippen molar-refractivity contribution in [1.82, 2.24) is 0 Å². The van der Waals surface area contributed by atoms with Crippen molar-refractivity contribution < 1.29 is 19.0 Å². The first-order valence-corrected chi connectivity index (χ1v) is 7.24. The van der Waals surface area contributed by atoms with Gasteiger partial charge in [0.15, 0.2) is 6.10 Å². The summed E-state index contributed by atoms with van der Waals surface area (Å²) in [6.07, 6.45) is 2.66. The van der Waals surface area contributed by atoms with Crippen LogP contribution < -0.4 is 4.74 Å². The van der Waals surface area contributed by atoms with E-state index in [2.05, 4.69) is 0 Å². The van der Waals surface area contributed by atoms with Crippen molar-refractivity contribution in [2.24, 2.45) is 0 Å². The molecule has 1 fully saturated rings. The van der Waals surface area contributed by atoms with Gasteiger partial charge in [-0.15, -0.1) is 0 Å². The second-order valence-corrected chi connectivity index (χ2v) is 5.22. The Labute approximate surface area is 124 Å². The zero-order chi connectivity index (χ0) is 14.4. The molecule has 1 saturated heterocycles. The lowest BCUT2D eigenvalue weighted by Gasteiger charge is -2.23. The van der Waals surface area contributed by atoms with Gasteiger partial charge < -0.3 is 14.2 Å². The summed E-state index contributed by atoms with van der Waals surface area (Å²) in [4.78, 5) is 11.9. The highest BCUT2D eigenvalue weighted by Gasteiger charge is 2.20. The molecule has 1 heterocycles. The lowest BCUT2D eigenvalue weighted by molar-refractivity contribution is -0.149. The fraction of sp³-hybridized carbons (Fsp3) is 0.533. The smallest absolute Gasteiger partial charge is 0.340 e. The van der Waals surface area contributed by atoms with Gasteiger partial charge in [0.1, 0.15) is 5.75 Å². The second-order valence-electron chi connectivity index (χ2n) is 4.82. The summed E-state index contributed by atoms with van der Waals surface area (Å²) in [7, 11) is 0. The van der Waals surface area contributed by atoms with E-state index in [0.717, 1.165) is 25.9 Å². The number of carbonyl (C=O) groups excluding carboxylic acids is 1. The molecule has 1 aromatic carbocycles. The Morgan fingerprint density at radius 2 is 2.25 bits per heavy atom. The molecule has 2 unspecified atom stereocenters. The monoisotopic (exact) mass is 298 g/mol. The third kappa shape index (κ3) is 4.47. The van der Waals surface area contributed by atoms with E-state index >= 15 is 0 Å². The van der Waals surface area contributed by atoms with Crippen LogP contribution in [-0.4, -0.2) is 31.4 Å². The summed E-state index contributed by atoms with van der Waals surface area (Å²) in [5.74, 6) is -0.0996. The van der Waals surface area contributed by atoms with E-state index in [1.54, 1.807) is 31.2 Å². The highest BCUT2D eigenvalue weighted by Crippen LogP contribution is 2.23. The van der Waals surface area contributed by atoms with Gasteiger partial charge in [-0.3, -0.25) is 0 Å². The molecule has 0 spiro atoms. The Kier molecular flexibility index (Phi) is 5.83. The molecule has 20 heavy (non-hydrogen) atoms. The van der Waals surface area contributed by atoms with Gasteiger partial charge in [0, 0.05) is 6.61 Å². The molecule has 1 aliphatic heterocycles. The van der Waals surface area contributed by atoms with Crippen molar-refractivity contribution >= 4 is 17.6 Å². The van der Waals surface area contributed by atoms with Crippen molar-refractivity contribution in [3.63, 3.8) is 0 Å². The van der Waals surface area contributed by atoms with Gasteiger partial charge >= 0.3 is 5.97 Å². The highest BCUT2D eigenvalue weighted by molar-refractivity contribution is 6.32. The minimum absolute atomic E-state index is 0.0827. The van der Waals surface area contributed by atoms with Crippen LogP contribution in [0, 0.1) is 0 Å². The van der Waals surface area contributed by atoms with E-state index in [9.17, 15) is 4.79 Å². The van der Waals surface area contributed by atoms with Crippen LogP contribution in [0.25, 0.3) is 0 Å². The first-order chi connectivity index (χ1) is 9.66. The van der Waals surface area contributed by atoms with Gasteiger partial charge in [-0.1, -0.05) is 23.7 Å². The van der Waals surface area contributed by atoms with Crippen LogP contribution in [0.5, 0.6) is 5.75 Å². The molecule has 4 nitrogen and oxygen atoms in total. The van der Waals surface area contributed by atoms with Crippen molar-refractivity contribution in [3.05, 3.63) is 29.3 Å². The molecular formula is C15H19ClO4. The number of rotatable bonds is 5. The van der Waals surface area contributed by atoms with E-state index in [1.807, 2.05) is 0 Å². The van der Waals surface area contributed by atoms with E-state index in [1.165, 1.54) is 0 Å². The molecule has 5 heteroatoms. The number of hydrogen-bond donors (Lipinski definition) is 0. The van der Waals surface area contributed by atoms with E-state index in [-0.39, 0.29) is 6.10 Å². The molecule has 0 amide bonds. The first kappa shape index (κ1) is 15.3. The molecule has 0 aromatic heterocycles. The Balaban J connectivity index is 1.78. The van der Waals surface area contributed by atoms with Crippen LogP contribution in [0.15, 0.2) is 24.3 Å². The Morgan fingerprint density at radius 3 is 2.95 bits per heavy atom. The van der Waals surface area contributed by atoms with Gasteiger partial charge in [-0.2, -0.15) is 0 Å². The summed E-state index contributed by atoms with van der Waals surface area (Å²) in [5, 5.41) is 0.406. The fourth-order valence-corrected chi connectivity index (χ4v) is 2.15. The van der Waals surface area contributed by atoms with Crippen LogP contribution in [-0.2, 0) is 14.3 Å². The molecule has 2 atom stereocenters. The summed E-state index contributed by atoms with van der Waals surface area (Å²) in [6.45, 7) is 2.85. The predicted molar refractivity (Wildman–Crippen MR) is 76.1 cm³/mol. The van der Waals surface area contributed by atoms with E-state index in [0.29, 0.717) is 17.4 Å². The van der Waals surface area contributed by atoms with Crippen LogP contribution in [0.1, 0.15) is 26.2 Å². The van der Waals surface area contributed by atoms with Gasteiger partial charge in [0.2, 0.25) is 0 Å². The Hall–Kier alpha value is -1.10. The van der Waals surface area contributed by atoms with Gasteiger partial charge in [0.05, 0.1) is 17.7 Å². The van der Waals surface area contributed by atoms with Gasteiger partial charge in [-0.05, 0) is 38.3 Å². The maximum atomic E-state index is 11.9. The summed E-state index contributed by atoms with van der Waals surface area (Å²) in [6, 6.07) is 6.86. The van der Waals surface area contributed by atoms with E-state index in [4.69, 9.17) is 25.8 Å². The normalized spacial score (nSPS) is 20.4. The molecule has 0 radical (unpaired) electrons. The SMILES string of the molecule is CC(OCC1CCCCO1)C(=O)Oc1ccccc1Cl. The van der Waals surface area contributed by atoms with E-state index < -0.39 is 12.1 Å². The fourth-order valence-electron chi connectivity index (χ4n) is 1.98. The summed E-state index contributed by atoms with van der Waals surface area (Å²) in [5.41, 5.74) is 0. The Morgan fingerprint density at radius 1 is 1.45 bits per heavy atom. The maximum Gasteiger partial charge on any atom is 0.340 e. The predicted octanol–water partition coefficient (Wildman–Crippen LogP) is 3.22. The highest BCUT2D eigenvalue weighted by atomic mass is 35.5. The molecule has 110 valence electrons. The molecule has 2 rings (SSSR count). The third-order valence-electron chi connectivity index (χ3n) is 3.19. The second kappa shape index (κ2) is 7.62. The lowest BCUT2D eigenvalue weighted by Crippen LogP contribution is -2.31. The van der Waals surface area contributed by atoms with Crippen LogP contribution in [0.2, 0.25) is 5.02 Å². The lowest BCUT2D eigenvalue weighted by atomic mass is 10.1. The molecule has 0 N–H and O–H groups in total. The Bertz CT molecular complexity index is 443. The zero-order valence-corrected chi connectivity index (χ0v) is 12.3. The minimum atomic E-state index is -0.642. The molecule has 0 bridgehead atoms. The van der Waals surface area contributed by atoms with Crippen molar-refractivity contribution in [1.29, 1.82) is 0 Å². The molecule has 0 saturated carbocycles. The van der Waals surface area contributed by atoms with Gasteiger partial charge in [0.25, 0.3) is 0 Å². The van der Waals surface area contributed by atoms with Crippen LogP contribution in [0.4, 0.5) is 0 Å². The maximum absolute atomic E-state index is 11.9. The van der Waals surface area contributed by atoms with Crippen LogP contribution >= 0.6 is 11.6 Å². The number of halogens is 1. The number of benzene rings is 1. The first-order valence-electron chi connectivity index (χ1n) is 6.86. The number of carbonyl (C=O) groups is 1. The summed E-state index contributed by atoms with van der Waals surface area (Å²) >= 11 is 5.93. The topological polar surface area (TPSA) is 44.8 Å². The number of ether oxygens (including phenoxy) is 3. The van der Waals surface area contributed by atoms with Gasteiger partial charge in [-0.25, -0.2) is 4.79 Å². The molecule has 1 aromatic rings. The molecule has 0 aliphatic carbocycles.